The molecule has 1 amide bonds. The van der Waals surface area contributed by atoms with Gasteiger partial charge < -0.3 is 24.7 Å². The normalized spacial score (nSPS) is 23.5. The number of aromatic nitrogens is 3. The fourth-order valence-electron chi connectivity index (χ4n) is 4.66. The summed E-state index contributed by atoms with van der Waals surface area (Å²) in [7, 11) is 0. The minimum atomic E-state index is -2.44. The number of hydrogen-bond donors (Lipinski definition) is 2. The van der Waals surface area contributed by atoms with Crippen molar-refractivity contribution >= 4 is 45.1 Å². The lowest BCUT2D eigenvalue weighted by atomic mass is 10.1. The number of fused-ring (bicyclic) bond motifs is 2. The van der Waals surface area contributed by atoms with Gasteiger partial charge in [0, 0.05) is 58.9 Å². The van der Waals surface area contributed by atoms with Crippen molar-refractivity contribution in [1.82, 2.24) is 15.0 Å². The molecular weight excluding hydrogens is 444 g/mol. The van der Waals surface area contributed by atoms with Gasteiger partial charge >= 0.3 is 0 Å². The summed E-state index contributed by atoms with van der Waals surface area (Å²) in [6, 6.07) is 7.60. The Bertz CT molecular complexity index is 1540. The number of morpholine rings is 1. The van der Waals surface area contributed by atoms with Crippen molar-refractivity contribution in [3.8, 4) is 11.5 Å². The van der Waals surface area contributed by atoms with Gasteiger partial charge in [0.05, 0.1) is 18.3 Å². The number of ether oxygens (including phenoxy) is 1. The Hall–Kier alpha value is -3.72. The van der Waals surface area contributed by atoms with E-state index in [9.17, 15) is 4.79 Å². The van der Waals surface area contributed by atoms with Crippen LogP contribution in [0.25, 0.3) is 33.3 Å². The topological polar surface area (TPSA) is 105 Å². The van der Waals surface area contributed by atoms with E-state index in [1.165, 1.54) is 12.4 Å². The van der Waals surface area contributed by atoms with Crippen molar-refractivity contribution in [2.24, 2.45) is 11.8 Å². The van der Waals surface area contributed by atoms with Crippen LogP contribution in [0.1, 0.15) is 24.4 Å². The highest BCUT2D eigenvalue weighted by Crippen LogP contribution is 2.39. The zero-order valence-electron chi connectivity index (χ0n) is 22.5. The Morgan fingerprint density at radius 3 is 2.89 bits per heavy atom. The highest BCUT2D eigenvalue weighted by molar-refractivity contribution is 6.03. The van der Waals surface area contributed by atoms with Crippen LogP contribution in [0.4, 0.5) is 17.3 Å². The van der Waals surface area contributed by atoms with Gasteiger partial charge in [-0.15, -0.1) is 0 Å². The number of amides is 1. The fourth-order valence-corrected chi connectivity index (χ4v) is 4.66. The molecule has 180 valence electrons. The lowest BCUT2D eigenvalue weighted by Gasteiger charge is -2.32. The van der Waals surface area contributed by atoms with Crippen molar-refractivity contribution in [2.45, 2.75) is 26.4 Å². The Kier molecular flexibility index (Phi) is 4.51. The third-order valence-electron chi connectivity index (χ3n) is 6.80. The average Bonchev–Trinajstić information content (AvgIpc) is 3.45. The first-order valence-electron chi connectivity index (χ1n) is 13.3. The van der Waals surface area contributed by atoms with Gasteiger partial charge in [0.1, 0.15) is 17.2 Å². The van der Waals surface area contributed by atoms with E-state index in [-0.39, 0.29) is 23.7 Å². The molecule has 1 saturated carbocycles. The molecule has 1 saturated heterocycles. The molecule has 1 aromatic carbocycles. The number of hydrogen-bond acceptors (Lipinski definition) is 8. The molecule has 9 heteroatoms. The van der Waals surface area contributed by atoms with Gasteiger partial charge in [0.25, 0.3) is 0 Å². The number of rotatable bonds is 5. The smallest absolute Gasteiger partial charge is 0.229 e. The van der Waals surface area contributed by atoms with Gasteiger partial charge in [0.2, 0.25) is 11.8 Å². The minimum Gasteiger partial charge on any atom is -0.436 e. The van der Waals surface area contributed by atoms with Crippen LogP contribution < -0.4 is 15.5 Å². The highest BCUT2D eigenvalue weighted by Gasteiger charge is 2.39. The van der Waals surface area contributed by atoms with E-state index in [0.717, 1.165) is 25.2 Å². The number of oxazole rings is 1. The molecule has 35 heavy (non-hydrogen) atoms. The number of benzene rings is 1. The molecule has 2 aliphatic rings. The van der Waals surface area contributed by atoms with Crippen LogP contribution in [0.15, 0.2) is 41.1 Å². The number of anilines is 3. The number of nitrogens with one attached hydrogen (secondary N) is 2. The van der Waals surface area contributed by atoms with Gasteiger partial charge in [0.15, 0.2) is 5.58 Å². The van der Waals surface area contributed by atoms with E-state index < -0.39 is 6.98 Å². The predicted molar refractivity (Wildman–Crippen MR) is 136 cm³/mol. The number of pyridine rings is 2. The van der Waals surface area contributed by atoms with E-state index in [0.29, 0.717) is 51.7 Å². The quantitative estimate of drug-likeness (QED) is 0.440. The molecule has 0 bridgehead atoms. The summed E-state index contributed by atoms with van der Waals surface area (Å²) in [5.41, 5.74) is 2.91. The van der Waals surface area contributed by atoms with Gasteiger partial charge in [-0.2, -0.15) is 0 Å². The molecule has 0 unspecified atom stereocenters. The number of carbonyl (C=O) groups excluding carboxylic acids is 1. The third-order valence-corrected chi connectivity index (χ3v) is 6.80. The Morgan fingerprint density at radius 2 is 2.09 bits per heavy atom. The largest absolute Gasteiger partial charge is 0.436 e. The van der Waals surface area contributed by atoms with Gasteiger partial charge in [-0.05, 0) is 43.5 Å². The monoisotopic (exact) mass is 475 g/mol. The maximum absolute atomic E-state index is 12.5. The second-order valence-corrected chi connectivity index (χ2v) is 9.37. The molecule has 1 aliphatic heterocycles. The van der Waals surface area contributed by atoms with Gasteiger partial charge in [-0.3, -0.25) is 4.79 Å². The Balaban J connectivity index is 1.40. The predicted octanol–water partition coefficient (Wildman–Crippen LogP) is 4.30. The molecule has 3 atom stereocenters. The molecule has 2 fully saturated rings. The van der Waals surface area contributed by atoms with E-state index >= 15 is 0 Å². The van der Waals surface area contributed by atoms with E-state index in [1.54, 1.807) is 6.07 Å². The van der Waals surface area contributed by atoms with Crippen molar-refractivity contribution < 1.29 is 18.1 Å². The first-order valence-corrected chi connectivity index (χ1v) is 11.8. The van der Waals surface area contributed by atoms with E-state index in [4.69, 9.17) is 18.3 Å². The SMILES string of the molecule is [2H]C([2H])([2H])Nc1ncc(-c2nc3cc(N4CCO[C@H](C)C4)ccc3o2)c2cc(NC(=O)[C@H]3C[C@@H]3C)ncc12. The molecule has 1 aliphatic carbocycles. The lowest BCUT2D eigenvalue weighted by molar-refractivity contribution is -0.117. The molecule has 4 aromatic rings. The van der Waals surface area contributed by atoms with Crippen LogP contribution in [-0.4, -0.2) is 53.6 Å². The number of nitrogens with zero attached hydrogens (tertiary/aromatic N) is 4. The molecule has 0 radical (unpaired) electrons. The molecule has 2 N–H and O–H groups in total. The first kappa shape index (κ1) is 18.6. The zero-order chi connectivity index (χ0) is 26.6. The summed E-state index contributed by atoms with van der Waals surface area (Å²) in [4.78, 5) is 28.3. The molecule has 3 aromatic heterocycles. The van der Waals surface area contributed by atoms with Crippen molar-refractivity contribution in [3.63, 3.8) is 0 Å². The average molecular weight is 476 g/mol. The van der Waals surface area contributed by atoms with Crippen LogP contribution >= 0.6 is 0 Å². The summed E-state index contributed by atoms with van der Waals surface area (Å²) in [5.74, 6) is 1.13. The van der Waals surface area contributed by atoms with Crippen LogP contribution in [0.3, 0.4) is 0 Å². The fraction of sp³-hybridized carbons (Fsp3) is 0.385. The molecule has 6 rings (SSSR count). The molecular formula is C26H28N6O3. The van der Waals surface area contributed by atoms with Crippen molar-refractivity contribution in [2.75, 3.05) is 42.2 Å². The van der Waals surface area contributed by atoms with E-state index in [1.807, 2.05) is 25.1 Å². The second-order valence-electron chi connectivity index (χ2n) is 9.37. The zero-order valence-corrected chi connectivity index (χ0v) is 19.5. The molecule has 9 nitrogen and oxygen atoms in total. The summed E-state index contributed by atoms with van der Waals surface area (Å²) >= 11 is 0. The standard InChI is InChI=1S/C26H28N6O3/c1-14-8-17(14)25(33)31-23-10-18-19(11-28-23)24(27-3)29-12-20(18)26-30-21-9-16(4-5-22(21)35-26)32-6-7-34-15(2)13-32/h4-5,9-12,14-15,17H,6-8,13H2,1-3H3,(H,27,29)(H,28,31,33)/t14-,15+,17-/m0/s1/i3D3. The van der Waals surface area contributed by atoms with Crippen molar-refractivity contribution in [3.05, 3.63) is 36.7 Å². The lowest BCUT2D eigenvalue weighted by Crippen LogP contribution is -2.41. The van der Waals surface area contributed by atoms with Crippen molar-refractivity contribution in [1.29, 1.82) is 0 Å². The highest BCUT2D eigenvalue weighted by atomic mass is 16.5. The maximum atomic E-state index is 12.5. The van der Waals surface area contributed by atoms with Gasteiger partial charge in [-0.1, -0.05) is 6.92 Å². The number of carbonyl (C=O) groups is 1. The van der Waals surface area contributed by atoms with Gasteiger partial charge in [-0.25, -0.2) is 15.0 Å². The molecule has 4 heterocycles. The summed E-state index contributed by atoms with van der Waals surface area (Å²) in [6.45, 7) is 3.91. The molecule has 0 spiro atoms. The van der Waals surface area contributed by atoms with Crippen LogP contribution in [0.2, 0.25) is 0 Å². The third kappa shape index (κ3) is 4.05. The Labute approximate surface area is 207 Å². The maximum Gasteiger partial charge on any atom is 0.229 e. The summed E-state index contributed by atoms with van der Waals surface area (Å²) in [6.07, 6.45) is 4.04. The van der Waals surface area contributed by atoms with Crippen LogP contribution in [0.5, 0.6) is 0 Å². The summed E-state index contributed by atoms with van der Waals surface area (Å²) < 4.78 is 34.6. The van der Waals surface area contributed by atoms with E-state index in [2.05, 4.69) is 32.4 Å². The first-order chi connectivity index (χ1) is 18.1. The van der Waals surface area contributed by atoms with Crippen LogP contribution in [0, 0.1) is 11.8 Å². The summed E-state index contributed by atoms with van der Waals surface area (Å²) in [5, 5.41) is 6.42. The minimum absolute atomic E-state index is 0.0158. The van der Waals surface area contributed by atoms with Crippen LogP contribution in [-0.2, 0) is 9.53 Å². The Morgan fingerprint density at radius 1 is 1.20 bits per heavy atom. The second kappa shape index (κ2) is 8.49.